The molecule has 0 saturated heterocycles. The Bertz CT molecular complexity index is 343. The van der Waals surface area contributed by atoms with Gasteiger partial charge in [-0.05, 0) is 18.6 Å². The highest BCUT2D eigenvalue weighted by Gasteiger charge is 2.17. The van der Waals surface area contributed by atoms with Gasteiger partial charge >= 0.3 is 0 Å². The first kappa shape index (κ1) is 15.1. The van der Waals surface area contributed by atoms with Gasteiger partial charge in [-0.15, -0.1) is 11.8 Å². The first-order chi connectivity index (χ1) is 8.77. The van der Waals surface area contributed by atoms with E-state index in [-0.39, 0.29) is 11.8 Å². The second-order valence-corrected chi connectivity index (χ2v) is 5.39. The van der Waals surface area contributed by atoms with Gasteiger partial charge < -0.3 is 0 Å². The van der Waals surface area contributed by atoms with Crippen LogP contribution in [-0.2, 0) is 4.79 Å². The van der Waals surface area contributed by atoms with Gasteiger partial charge in [-0.3, -0.25) is 10.0 Å². The van der Waals surface area contributed by atoms with Crippen LogP contribution >= 0.6 is 11.8 Å². The third kappa shape index (κ3) is 5.56. The summed E-state index contributed by atoms with van der Waals surface area (Å²) in [5.41, 5.74) is 1.78. The van der Waals surface area contributed by atoms with Gasteiger partial charge in [0.15, 0.2) is 0 Å². The minimum Gasteiger partial charge on any atom is -0.289 e. The average Bonchev–Trinajstić information content (AvgIpc) is 2.43. The highest BCUT2D eigenvalue weighted by molar-refractivity contribution is 7.99. The number of hydrogen-bond donors (Lipinski definition) is 2. The fourth-order valence-electron chi connectivity index (χ4n) is 1.74. The van der Waals surface area contributed by atoms with E-state index in [1.807, 2.05) is 30.3 Å². The predicted octanol–water partition coefficient (Wildman–Crippen LogP) is 3.48. The van der Waals surface area contributed by atoms with E-state index in [2.05, 4.69) is 6.92 Å². The number of unbranched alkanes of at least 4 members (excludes halogenated alkanes) is 2. The van der Waals surface area contributed by atoms with Crippen LogP contribution < -0.4 is 5.48 Å². The van der Waals surface area contributed by atoms with Crippen LogP contribution in [-0.4, -0.2) is 16.9 Å². The Balaban J connectivity index is 2.43. The molecule has 3 nitrogen and oxygen atoms in total. The van der Waals surface area contributed by atoms with Crippen molar-refractivity contribution in [2.24, 2.45) is 5.92 Å². The quantitative estimate of drug-likeness (QED) is 0.328. The lowest BCUT2D eigenvalue weighted by Gasteiger charge is -2.14. The molecule has 0 heterocycles. The fourth-order valence-corrected chi connectivity index (χ4v) is 2.80. The molecule has 0 bridgehead atoms. The van der Waals surface area contributed by atoms with Crippen LogP contribution in [0.2, 0.25) is 0 Å². The van der Waals surface area contributed by atoms with Crippen LogP contribution in [0.5, 0.6) is 0 Å². The fraction of sp³-hybridized carbons (Fsp3) is 0.500. The second-order valence-electron chi connectivity index (χ2n) is 4.29. The van der Waals surface area contributed by atoms with Crippen LogP contribution in [0.25, 0.3) is 0 Å². The molecule has 18 heavy (non-hydrogen) atoms. The van der Waals surface area contributed by atoms with Crippen LogP contribution in [0.3, 0.4) is 0 Å². The SMILES string of the molecule is CCCCCC(CSc1ccccc1)C(=O)NO. The smallest absolute Gasteiger partial charge is 0.247 e. The van der Waals surface area contributed by atoms with E-state index in [1.165, 1.54) is 0 Å². The molecule has 4 heteroatoms. The van der Waals surface area contributed by atoms with Crippen molar-refractivity contribution in [3.63, 3.8) is 0 Å². The zero-order valence-electron chi connectivity index (χ0n) is 10.8. The lowest BCUT2D eigenvalue weighted by Crippen LogP contribution is -2.29. The predicted molar refractivity (Wildman–Crippen MR) is 74.7 cm³/mol. The van der Waals surface area contributed by atoms with Crippen LogP contribution in [0.15, 0.2) is 35.2 Å². The first-order valence-electron chi connectivity index (χ1n) is 6.39. The van der Waals surface area contributed by atoms with E-state index >= 15 is 0 Å². The maximum atomic E-state index is 11.6. The molecule has 1 aromatic rings. The Morgan fingerprint density at radius 1 is 1.33 bits per heavy atom. The van der Waals surface area contributed by atoms with Gasteiger partial charge in [0, 0.05) is 16.6 Å². The molecule has 1 amide bonds. The van der Waals surface area contributed by atoms with Gasteiger partial charge in [0.1, 0.15) is 0 Å². The first-order valence-corrected chi connectivity index (χ1v) is 7.38. The third-order valence-electron chi connectivity index (χ3n) is 2.83. The number of thioether (sulfide) groups is 1. The van der Waals surface area contributed by atoms with Gasteiger partial charge in [0.25, 0.3) is 0 Å². The molecule has 0 aromatic heterocycles. The van der Waals surface area contributed by atoms with Gasteiger partial charge in [-0.1, -0.05) is 44.4 Å². The summed E-state index contributed by atoms with van der Waals surface area (Å²) < 4.78 is 0. The average molecular weight is 267 g/mol. The summed E-state index contributed by atoms with van der Waals surface area (Å²) in [6.07, 6.45) is 4.13. The summed E-state index contributed by atoms with van der Waals surface area (Å²) in [6.45, 7) is 2.14. The third-order valence-corrected chi connectivity index (χ3v) is 4.01. The molecular formula is C14H21NO2S. The number of amides is 1. The molecule has 1 unspecified atom stereocenters. The van der Waals surface area contributed by atoms with Gasteiger partial charge in [-0.25, -0.2) is 5.48 Å². The molecule has 0 radical (unpaired) electrons. The number of rotatable bonds is 8. The lowest BCUT2D eigenvalue weighted by atomic mass is 10.0. The molecule has 0 spiro atoms. The summed E-state index contributed by atoms with van der Waals surface area (Å²) in [6, 6.07) is 10.0. The van der Waals surface area contributed by atoms with Crippen molar-refractivity contribution in [2.75, 3.05) is 5.75 Å². The largest absolute Gasteiger partial charge is 0.289 e. The maximum Gasteiger partial charge on any atom is 0.247 e. The van der Waals surface area contributed by atoms with Crippen molar-refractivity contribution in [2.45, 2.75) is 37.5 Å². The van der Waals surface area contributed by atoms with Crippen molar-refractivity contribution in [1.29, 1.82) is 0 Å². The number of benzene rings is 1. The number of hydrogen-bond acceptors (Lipinski definition) is 3. The standard InChI is InChI=1S/C14H21NO2S/c1-2-3-5-8-12(14(16)15-17)11-18-13-9-6-4-7-10-13/h4,6-7,9-10,12,17H,2-3,5,8,11H2,1H3,(H,15,16). The highest BCUT2D eigenvalue weighted by atomic mass is 32.2. The minimum absolute atomic E-state index is 0.119. The van der Waals surface area contributed by atoms with E-state index in [0.717, 1.165) is 30.6 Å². The zero-order valence-corrected chi connectivity index (χ0v) is 11.6. The minimum atomic E-state index is -0.269. The molecule has 1 rings (SSSR count). The monoisotopic (exact) mass is 267 g/mol. The van der Waals surface area contributed by atoms with E-state index < -0.39 is 0 Å². The Labute approximate surface area is 113 Å². The van der Waals surface area contributed by atoms with Gasteiger partial charge in [0.05, 0.1) is 0 Å². The summed E-state index contributed by atoms with van der Waals surface area (Å²) in [7, 11) is 0. The normalized spacial score (nSPS) is 12.1. The van der Waals surface area contributed by atoms with Crippen molar-refractivity contribution < 1.29 is 10.0 Å². The Morgan fingerprint density at radius 2 is 2.06 bits per heavy atom. The van der Waals surface area contributed by atoms with Crippen LogP contribution in [0.1, 0.15) is 32.6 Å². The summed E-state index contributed by atoms with van der Waals surface area (Å²) in [5, 5.41) is 8.75. The molecule has 0 aliphatic rings. The molecule has 1 atom stereocenters. The van der Waals surface area contributed by atoms with E-state index in [0.29, 0.717) is 5.75 Å². The van der Waals surface area contributed by atoms with Crippen molar-refractivity contribution in [3.8, 4) is 0 Å². The second kappa shape index (κ2) is 9.00. The highest BCUT2D eigenvalue weighted by Crippen LogP contribution is 2.23. The van der Waals surface area contributed by atoms with Crippen LogP contribution in [0.4, 0.5) is 0 Å². The Hall–Kier alpha value is -1.00. The van der Waals surface area contributed by atoms with Crippen molar-refractivity contribution in [1.82, 2.24) is 5.48 Å². The molecule has 2 N–H and O–H groups in total. The number of carbonyl (C=O) groups is 1. The summed E-state index contributed by atoms with van der Waals surface area (Å²) in [5.74, 6) is 0.321. The van der Waals surface area contributed by atoms with Gasteiger partial charge in [0.2, 0.25) is 5.91 Å². The van der Waals surface area contributed by atoms with E-state index in [4.69, 9.17) is 5.21 Å². The van der Waals surface area contributed by atoms with E-state index in [9.17, 15) is 4.79 Å². The molecule has 0 aliphatic heterocycles. The molecule has 1 aromatic carbocycles. The Morgan fingerprint density at radius 3 is 2.67 bits per heavy atom. The summed E-state index contributed by atoms with van der Waals surface area (Å²) in [4.78, 5) is 12.7. The molecular weight excluding hydrogens is 246 g/mol. The van der Waals surface area contributed by atoms with Crippen LogP contribution in [0, 0.1) is 5.92 Å². The Kier molecular flexibility index (Phi) is 7.53. The molecule has 0 aliphatic carbocycles. The topological polar surface area (TPSA) is 49.3 Å². The molecule has 0 saturated carbocycles. The zero-order chi connectivity index (χ0) is 13.2. The van der Waals surface area contributed by atoms with Gasteiger partial charge in [-0.2, -0.15) is 0 Å². The number of hydroxylamine groups is 1. The number of carbonyl (C=O) groups excluding carboxylic acids is 1. The summed E-state index contributed by atoms with van der Waals surface area (Å²) >= 11 is 1.66. The molecule has 100 valence electrons. The molecule has 0 fully saturated rings. The number of nitrogens with one attached hydrogen (secondary N) is 1. The van der Waals surface area contributed by atoms with E-state index in [1.54, 1.807) is 17.2 Å². The van der Waals surface area contributed by atoms with Crippen molar-refractivity contribution >= 4 is 17.7 Å². The lowest BCUT2D eigenvalue weighted by molar-refractivity contribution is -0.132. The maximum absolute atomic E-state index is 11.6. The van der Waals surface area contributed by atoms with Crippen molar-refractivity contribution in [3.05, 3.63) is 30.3 Å².